The van der Waals surface area contributed by atoms with Gasteiger partial charge in [-0.05, 0) is 6.54 Å². The van der Waals surface area contributed by atoms with Crippen LogP contribution in [0.25, 0.3) is 0 Å². The lowest BCUT2D eigenvalue weighted by Gasteiger charge is -2.09. The number of benzene rings is 1. The molecule has 19 heavy (non-hydrogen) atoms. The Morgan fingerprint density at radius 2 is 1.37 bits per heavy atom. The number of nitrogens with one attached hydrogen (secondary N) is 2. The largest absolute Gasteiger partial charge is 0.351 e. The third-order valence-electron chi connectivity index (χ3n) is 2.27. The SMILES string of the molecule is CCNCCNC(=O)c1c(F)c(F)c(F)c(F)c1F. The summed E-state index contributed by atoms with van der Waals surface area (Å²) >= 11 is 0. The van der Waals surface area contributed by atoms with E-state index in [2.05, 4.69) is 10.6 Å². The fourth-order valence-corrected chi connectivity index (χ4v) is 1.33. The molecule has 0 radical (unpaired) electrons. The van der Waals surface area contributed by atoms with Crippen molar-refractivity contribution >= 4 is 5.91 Å². The van der Waals surface area contributed by atoms with Gasteiger partial charge in [0.1, 0.15) is 5.56 Å². The molecule has 0 spiro atoms. The quantitative estimate of drug-likeness (QED) is 0.374. The molecular formula is C11H11F5N2O. The van der Waals surface area contributed by atoms with Gasteiger partial charge in [-0.2, -0.15) is 0 Å². The molecule has 1 rings (SSSR count). The lowest BCUT2D eigenvalue weighted by Crippen LogP contribution is -2.33. The van der Waals surface area contributed by atoms with Gasteiger partial charge in [-0.15, -0.1) is 0 Å². The first-order chi connectivity index (χ1) is 8.91. The molecule has 0 aliphatic rings. The van der Waals surface area contributed by atoms with Crippen molar-refractivity contribution in [2.24, 2.45) is 0 Å². The Morgan fingerprint density at radius 3 is 1.84 bits per heavy atom. The van der Waals surface area contributed by atoms with Gasteiger partial charge in [-0.3, -0.25) is 4.79 Å². The first-order valence-corrected chi connectivity index (χ1v) is 5.42. The third kappa shape index (κ3) is 3.19. The summed E-state index contributed by atoms with van der Waals surface area (Å²) in [7, 11) is 0. The number of rotatable bonds is 5. The van der Waals surface area contributed by atoms with Crippen LogP contribution in [0.2, 0.25) is 0 Å². The van der Waals surface area contributed by atoms with Crippen LogP contribution in [0, 0.1) is 29.1 Å². The molecule has 1 aromatic rings. The molecule has 0 atom stereocenters. The van der Waals surface area contributed by atoms with E-state index < -0.39 is 40.6 Å². The van der Waals surface area contributed by atoms with Crippen molar-refractivity contribution in [3.05, 3.63) is 34.6 Å². The van der Waals surface area contributed by atoms with Gasteiger partial charge in [-0.25, -0.2) is 22.0 Å². The first kappa shape index (κ1) is 15.4. The summed E-state index contributed by atoms with van der Waals surface area (Å²) in [5.41, 5.74) is -1.48. The zero-order chi connectivity index (χ0) is 14.6. The van der Waals surface area contributed by atoms with Gasteiger partial charge >= 0.3 is 0 Å². The molecule has 2 N–H and O–H groups in total. The van der Waals surface area contributed by atoms with E-state index in [0.717, 1.165) is 0 Å². The summed E-state index contributed by atoms with van der Waals surface area (Å²) in [6, 6.07) is 0. The second-order valence-corrected chi connectivity index (χ2v) is 3.55. The Morgan fingerprint density at radius 1 is 0.895 bits per heavy atom. The van der Waals surface area contributed by atoms with E-state index >= 15 is 0 Å². The lowest BCUT2D eigenvalue weighted by atomic mass is 10.1. The molecular weight excluding hydrogens is 271 g/mol. The minimum Gasteiger partial charge on any atom is -0.351 e. The summed E-state index contributed by atoms with van der Waals surface area (Å²) in [4.78, 5) is 11.4. The predicted octanol–water partition coefficient (Wildman–Crippen LogP) is 1.72. The zero-order valence-electron chi connectivity index (χ0n) is 9.92. The number of hydrogen-bond acceptors (Lipinski definition) is 2. The van der Waals surface area contributed by atoms with Gasteiger partial charge in [0.2, 0.25) is 5.82 Å². The topological polar surface area (TPSA) is 41.1 Å². The maximum atomic E-state index is 13.2. The molecule has 0 unspecified atom stereocenters. The highest BCUT2D eigenvalue weighted by Crippen LogP contribution is 2.22. The molecule has 3 nitrogen and oxygen atoms in total. The van der Waals surface area contributed by atoms with E-state index in [1.165, 1.54) is 0 Å². The molecule has 0 saturated carbocycles. The molecule has 0 fully saturated rings. The summed E-state index contributed by atoms with van der Waals surface area (Å²) in [5, 5.41) is 4.86. The normalized spacial score (nSPS) is 10.6. The third-order valence-corrected chi connectivity index (χ3v) is 2.27. The van der Waals surface area contributed by atoms with E-state index in [1.54, 1.807) is 6.92 Å². The van der Waals surface area contributed by atoms with Gasteiger partial charge in [0, 0.05) is 13.1 Å². The molecule has 1 amide bonds. The Kier molecular flexibility index (Phi) is 5.22. The van der Waals surface area contributed by atoms with Gasteiger partial charge < -0.3 is 10.6 Å². The summed E-state index contributed by atoms with van der Waals surface area (Å²) < 4.78 is 64.9. The van der Waals surface area contributed by atoms with E-state index in [-0.39, 0.29) is 6.54 Å². The molecule has 0 saturated heterocycles. The van der Waals surface area contributed by atoms with E-state index in [9.17, 15) is 26.7 Å². The Balaban J connectivity index is 2.97. The number of carbonyl (C=O) groups is 1. The van der Waals surface area contributed by atoms with E-state index in [0.29, 0.717) is 13.1 Å². The average Bonchev–Trinajstić information content (AvgIpc) is 2.39. The van der Waals surface area contributed by atoms with Crippen LogP contribution in [0.3, 0.4) is 0 Å². The van der Waals surface area contributed by atoms with Gasteiger partial charge in [0.15, 0.2) is 23.3 Å². The second-order valence-electron chi connectivity index (χ2n) is 3.55. The molecule has 0 aliphatic heterocycles. The van der Waals surface area contributed by atoms with Crippen molar-refractivity contribution in [1.82, 2.24) is 10.6 Å². The number of likely N-dealkylation sites (N-methyl/N-ethyl adjacent to an activating group) is 1. The monoisotopic (exact) mass is 282 g/mol. The highest BCUT2D eigenvalue weighted by atomic mass is 19.2. The van der Waals surface area contributed by atoms with Crippen molar-refractivity contribution in [2.45, 2.75) is 6.92 Å². The van der Waals surface area contributed by atoms with Gasteiger partial charge in [-0.1, -0.05) is 6.92 Å². The minimum absolute atomic E-state index is 0.00777. The second kappa shape index (κ2) is 6.46. The minimum atomic E-state index is -2.29. The van der Waals surface area contributed by atoms with Crippen molar-refractivity contribution in [2.75, 3.05) is 19.6 Å². The summed E-state index contributed by atoms with van der Waals surface area (Å²) in [6.07, 6.45) is 0. The number of amides is 1. The van der Waals surface area contributed by atoms with Crippen LogP contribution in [-0.2, 0) is 0 Å². The molecule has 0 aliphatic carbocycles. The molecule has 0 heterocycles. The maximum absolute atomic E-state index is 13.2. The Labute approximate surface area is 105 Å². The van der Waals surface area contributed by atoms with Crippen LogP contribution in [-0.4, -0.2) is 25.5 Å². The van der Waals surface area contributed by atoms with Crippen molar-refractivity contribution < 1.29 is 26.7 Å². The Hall–Kier alpha value is -1.70. The lowest BCUT2D eigenvalue weighted by molar-refractivity contribution is 0.0942. The van der Waals surface area contributed by atoms with Crippen LogP contribution < -0.4 is 10.6 Å². The van der Waals surface area contributed by atoms with E-state index in [4.69, 9.17) is 0 Å². The van der Waals surface area contributed by atoms with Crippen LogP contribution in [0.1, 0.15) is 17.3 Å². The number of carbonyl (C=O) groups excluding carboxylic acids is 1. The highest BCUT2D eigenvalue weighted by Gasteiger charge is 2.29. The van der Waals surface area contributed by atoms with Crippen LogP contribution in [0.15, 0.2) is 0 Å². The van der Waals surface area contributed by atoms with Gasteiger partial charge in [0.25, 0.3) is 5.91 Å². The zero-order valence-corrected chi connectivity index (χ0v) is 9.92. The average molecular weight is 282 g/mol. The van der Waals surface area contributed by atoms with Crippen molar-refractivity contribution in [3.63, 3.8) is 0 Å². The standard InChI is InChI=1S/C11H11F5N2O/c1-2-17-3-4-18-11(19)5-6(12)8(14)10(16)9(15)7(5)13/h17H,2-4H2,1H3,(H,18,19). The van der Waals surface area contributed by atoms with E-state index in [1.807, 2.05) is 0 Å². The number of hydrogen-bond donors (Lipinski definition) is 2. The smallest absolute Gasteiger partial charge is 0.257 e. The van der Waals surface area contributed by atoms with Crippen LogP contribution in [0.5, 0.6) is 0 Å². The summed E-state index contributed by atoms with van der Waals surface area (Å²) in [5.74, 6) is -12.2. The van der Waals surface area contributed by atoms with Crippen molar-refractivity contribution in [3.8, 4) is 0 Å². The molecule has 8 heteroatoms. The molecule has 0 bridgehead atoms. The fourth-order valence-electron chi connectivity index (χ4n) is 1.33. The Bertz CT molecular complexity index is 463. The predicted molar refractivity (Wildman–Crippen MR) is 57.1 cm³/mol. The maximum Gasteiger partial charge on any atom is 0.257 e. The fraction of sp³-hybridized carbons (Fsp3) is 0.364. The number of halogens is 5. The highest BCUT2D eigenvalue weighted by molar-refractivity contribution is 5.94. The van der Waals surface area contributed by atoms with Crippen LogP contribution >= 0.6 is 0 Å². The summed E-state index contributed by atoms with van der Waals surface area (Å²) in [6.45, 7) is 2.70. The molecule has 106 valence electrons. The molecule has 1 aromatic carbocycles. The molecule has 0 aromatic heterocycles. The van der Waals surface area contributed by atoms with Crippen LogP contribution in [0.4, 0.5) is 22.0 Å². The van der Waals surface area contributed by atoms with Crippen molar-refractivity contribution in [1.29, 1.82) is 0 Å². The van der Waals surface area contributed by atoms with Gasteiger partial charge in [0.05, 0.1) is 0 Å². The first-order valence-electron chi connectivity index (χ1n) is 5.42.